The molecule has 1 aromatic carbocycles. The molecular formula is C18H25FN2O2. The molecule has 0 unspecified atom stereocenters. The van der Waals surface area contributed by atoms with E-state index in [-0.39, 0.29) is 17.2 Å². The number of likely N-dealkylation sites (tertiary alicyclic amines) is 2. The molecule has 1 aromatic rings. The predicted molar refractivity (Wildman–Crippen MR) is 87.0 cm³/mol. The van der Waals surface area contributed by atoms with E-state index in [2.05, 4.69) is 11.9 Å². The van der Waals surface area contributed by atoms with Gasteiger partial charge in [-0.05, 0) is 69.8 Å². The van der Waals surface area contributed by atoms with Crippen LogP contribution in [0.25, 0.3) is 0 Å². The summed E-state index contributed by atoms with van der Waals surface area (Å²) in [6, 6.07) is 3.61. The zero-order chi connectivity index (χ0) is 16.4. The standard InChI is InChI=1S/C18H25FN2O2/c1-20-10-6-18(7-11-20)5-2-9-21(12-8-18)17(23)15-4-3-14(19)13-16(15)22/h3-4,13,22H,2,5-12H2,1H3. The highest BCUT2D eigenvalue weighted by molar-refractivity contribution is 5.96. The summed E-state index contributed by atoms with van der Waals surface area (Å²) in [7, 11) is 2.16. The van der Waals surface area contributed by atoms with Crippen molar-refractivity contribution in [3.05, 3.63) is 29.6 Å². The van der Waals surface area contributed by atoms with Gasteiger partial charge in [0.1, 0.15) is 11.6 Å². The van der Waals surface area contributed by atoms with Crippen LogP contribution in [0, 0.1) is 11.2 Å². The molecule has 0 atom stereocenters. The molecule has 126 valence electrons. The molecule has 0 saturated carbocycles. The molecule has 23 heavy (non-hydrogen) atoms. The fourth-order valence-electron chi connectivity index (χ4n) is 3.91. The van der Waals surface area contributed by atoms with Crippen molar-refractivity contribution in [1.82, 2.24) is 9.80 Å². The highest BCUT2D eigenvalue weighted by Crippen LogP contribution is 2.41. The zero-order valence-corrected chi connectivity index (χ0v) is 13.7. The van der Waals surface area contributed by atoms with Gasteiger partial charge in [-0.1, -0.05) is 0 Å². The Kier molecular flexibility index (Phi) is 4.57. The van der Waals surface area contributed by atoms with E-state index in [1.54, 1.807) is 0 Å². The third-order valence-corrected chi connectivity index (χ3v) is 5.57. The second-order valence-electron chi connectivity index (χ2n) is 7.11. The number of phenolic OH excluding ortho intramolecular Hbond substituents is 1. The summed E-state index contributed by atoms with van der Waals surface area (Å²) in [6.45, 7) is 3.70. The van der Waals surface area contributed by atoms with Gasteiger partial charge in [0, 0.05) is 19.2 Å². The molecule has 4 nitrogen and oxygen atoms in total. The molecule has 0 radical (unpaired) electrons. The van der Waals surface area contributed by atoms with Gasteiger partial charge in [-0.25, -0.2) is 4.39 Å². The van der Waals surface area contributed by atoms with Crippen LogP contribution in [-0.2, 0) is 0 Å². The van der Waals surface area contributed by atoms with Crippen molar-refractivity contribution in [3.8, 4) is 5.75 Å². The molecule has 2 aliphatic heterocycles. The van der Waals surface area contributed by atoms with Crippen molar-refractivity contribution >= 4 is 5.91 Å². The highest BCUT2D eigenvalue weighted by Gasteiger charge is 2.36. The van der Waals surface area contributed by atoms with Gasteiger partial charge in [-0.3, -0.25) is 4.79 Å². The summed E-state index contributed by atoms with van der Waals surface area (Å²) in [5.41, 5.74) is 0.567. The zero-order valence-electron chi connectivity index (χ0n) is 13.7. The lowest BCUT2D eigenvalue weighted by Crippen LogP contribution is -2.39. The molecule has 1 amide bonds. The van der Waals surface area contributed by atoms with E-state index >= 15 is 0 Å². The average molecular weight is 320 g/mol. The van der Waals surface area contributed by atoms with Crippen molar-refractivity contribution in [1.29, 1.82) is 0 Å². The molecule has 2 fully saturated rings. The maximum atomic E-state index is 13.1. The number of halogens is 1. The van der Waals surface area contributed by atoms with Gasteiger partial charge >= 0.3 is 0 Å². The summed E-state index contributed by atoms with van der Waals surface area (Å²) >= 11 is 0. The lowest BCUT2D eigenvalue weighted by atomic mass is 9.73. The third-order valence-electron chi connectivity index (χ3n) is 5.57. The Hall–Kier alpha value is -1.62. The predicted octanol–water partition coefficient (Wildman–Crippen LogP) is 2.87. The monoisotopic (exact) mass is 320 g/mol. The number of phenols is 1. The number of hydrogen-bond acceptors (Lipinski definition) is 3. The summed E-state index contributed by atoms with van der Waals surface area (Å²) in [4.78, 5) is 16.8. The first kappa shape index (κ1) is 16.2. The molecule has 2 aliphatic rings. The largest absolute Gasteiger partial charge is 0.507 e. The van der Waals surface area contributed by atoms with Crippen LogP contribution in [0.3, 0.4) is 0 Å². The van der Waals surface area contributed by atoms with Crippen LogP contribution in [0.2, 0.25) is 0 Å². The van der Waals surface area contributed by atoms with Gasteiger partial charge in [-0.2, -0.15) is 0 Å². The average Bonchev–Trinajstić information content (AvgIpc) is 2.73. The molecule has 0 aliphatic carbocycles. The van der Waals surface area contributed by atoms with E-state index < -0.39 is 5.82 Å². The van der Waals surface area contributed by atoms with E-state index in [9.17, 15) is 14.3 Å². The molecule has 3 rings (SSSR count). The number of amides is 1. The number of hydrogen-bond donors (Lipinski definition) is 1. The van der Waals surface area contributed by atoms with Crippen molar-refractivity contribution in [2.45, 2.75) is 32.1 Å². The summed E-state index contributed by atoms with van der Waals surface area (Å²) in [5, 5.41) is 9.84. The SMILES string of the molecule is CN1CCC2(CCCN(C(=O)c3ccc(F)cc3O)CC2)CC1. The summed E-state index contributed by atoms with van der Waals surface area (Å²) in [5.74, 6) is -0.985. The van der Waals surface area contributed by atoms with Crippen LogP contribution < -0.4 is 0 Å². The molecular weight excluding hydrogens is 295 g/mol. The number of aromatic hydroxyl groups is 1. The van der Waals surface area contributed by atoms with Gasteiger partial charge < -0.3 is 14.9 Å². The molecule has 0 aromatic heterocycles. The van der Waals surface area contributed by atoms with Gasteiger partial charge in [0.15, 0.2) is 0 Å². The quantitative estimate of drug-likeness (QED) is 0.865. The lowest BCUT2D eigenvalue weighted by Gasteiger charge is -2.40. The summed E-state index contributed by atoms with van der Waals surface area (Å²) < 4.78 is 13.1. The number of carbonyl (C=O) groups excluding carboxylic acids is 1. The third kappa shape index (κ3) is 3.50. The van der Waals surface area contributed by atoms with Crippen molar-refractivity contribution in [3.63, 3.8) is 0 Å². The fraction of sp³-hybridized carbons (Fsp3) is 0.611. The lowest BCUT2D eigenvalue weighted by molar-refractivity contribution is 0.0731. The minimum Gasteiger partial charge on any atom is -0.507 e. The molecule has 1 spiro atoms. The van der Waals surface area contributed by atoms with Crippen LogP contribution >= 0.6 is 0 Å². The van der Waals surface area contributed by atoms with Crippen molar-refractivity contribution < 1.29 is 14.3 Å². The summed E-state index contributed by atoms with van der Waals surface area (Å²) in [6.07, 6.45) is 5.59. The number of piperidine rings is 1. The Balaban J connectivity index is 1.69. The minimum atomic E-state index is -0.528. The maximum Gasteiger partial charge on any atom is 0.257 e. The molecule has 0 bridgehead atoms. The Morgan fingerprint density at radius 2 is 1.83 bits per heavy atom. The molecule has 2 saturated heterocycles. The topological polar surface area (TPSA) is 43.8 Å². The van der Waals surface area contributed by atoms with Gasteiger partial charge in [-0.15, -0.1) is 0 Å². The first-order valence-corrected chi connectivity index (χ1v) is 8.45. The Morgan fingerprint density at radius 3 is 2.52 bits per heavy atom. The smallest absolute Gasteiger partial charge is 0.257 e. The second-order valence-corrected chi connectivity index (χ2v) is 7.11. The number of rotatable bonds is 1. The van der Waals surface area contributed by atoms with E-state index in [4.69, 9.17) is 0 Å². The van der Waals surface area contributed by atoms with E-state index in [0.29, 0.717) is 12.0 Å². The molecule has 2 heterocycles. The van der Waals surface area contributed by atoms with Crippen molar-refractivity contribution in [2.24, 2.45) is 5.41 Å². The van der Waals surface area contributed by atoms with Crippen LogP contribution in [0.4, 0.5) is 4.39 Å². The van der Waals surface area contributed by atoms with Crippen LogP contribution in [-0.4, -0.2) is 54.0 Å². The molecule has 1 N–H and O–H groups in total. The number of carbonyl (C=O) groups is 1. The Labute approximate surface area is 136 Å². The second kappa shape index (κ2) is 6.48. The minimum absolute atomic E-state index is 0.188. The highest BCUT2D eigenvalue weighted by atomic mass is 19.1. The van der Waals surface area contributed by atoms with Crippen LogP contribution in [0.15, 0.2) is 18.2 Å². The van der Waals surface area contributed by atoms with E-state index in [1.807, 2.05) is 4.90 Å². The van der Waals surface area contributed by atoms with Crippen LogP contribution in [0.1, 0.15) is 42.5 Å². The van der Waals surface area contributed by atoms with Crippen LogP contribution in [0.5, 0.6) is 5.75 Å². The Morgan fingerprint density at radius 1 is 1.13 bits per heavy atom. The van der Waals surface area contributed by atoms with Gasteiger partial charge in [0.05, 0.1) is 5.56 Å². The molecule has 5 heteroatoms. The maximum absolute atomic E-state index is 13.1. The van der Waals surface area contributed by atoms with Gasteiger partial charge in [0.25, 0.3) is 5.91 Å². The van der Waals surface area contributed by atoms with E-state index in [1.165, 1.54) is 31.4 Å². The first-order valence-electron chi connectivity index (χ1n) is 8.45. The van der Waals surface area contributed by atoms with E-state index in [0.717, 1.165) is 38.5 Å². The van der Waals surface area contributed by atoms with Gasteiger partial charge in [0.2, 0.25) is 0 Å². The first-order chi connectivity index (χ1) is 11.0. The fourth-order valence-corrected chi connectivity index (χ4v) is 3.91. The number of benzene rings is 1. The van der Waals surface area contributed by atoms with Crippen molar-refractivity contribution in [2.75, 3.05) is 33.2 Å². The number of nitrogens with zero attached hydrogens (tertiary/aromatic N) is 2. The normalized spacial score (nSPS) is 22.1. The Bertz CT molecular complexity index is 582.